The number of H-pyrrole nitrogens is 1. The van der Waals surface area contributed by atoms with Crippen LogP contribution in [0.4, 0.5) is 0 Å². The standard InChI is InChI=1S/C21H18N4O4S/c1-10-6-7-13-14(8-10)30-19-16(13)18(26)22-15(23-19)9-25-20(27)12-5-3-2-4-11(12)17(24-25)21(28)29/h2-5,10H,6-9H2,1H3,(H,28,29)(H,22,23,26). The Labute approximate surface area is 173 Å². The second kappa shape index (κ2) is 6.88. The number of aromatic amines is 1. The third-order valence-corrected chi connectivity index (χ3v) is 6.73. The molecule has 8 nitrogen and oxygen atoms in total. The summed E-state index contributed by atoms with van der Waals surface area (Å²) < 4.78 is 1.05. The summed E-state index contributed by atoms with van der Waals surface area (Å²) in [4.78, 5) is 46.5. The van der Waals surface area contributed by atoms with Crippen LogP contribution in [0.15, 0.2) is 33.9 Å². The number of aromatic carboxylic acids is 1. The van der Waals surface area contributed by atoms with Crippen molar-refractivity contribution in [1.29, 1.82) is 0 Å². The number of nitrogens with one attached hydrogen (secondary N) is 1. The summed E-state index contributed by atoms with van der Waals surface area (Å²) in [6, 6.07) is 6.45. The largest absolute Gasteiger partial charge is 0.476 e. The van der Waals surface area contributed by atoms with E-state index in [-0.39, 0.29) is 34.4 Å². The van der Waals surface area contributed by atoms with Gasteiger partial charge in [-0.15, -0.1) is 11.3 Å². The molecule has 30 heavy (non-hydrogen) atoms. The molecule has 152 valence electrons. The molecule has 1 atom stereocenters. The van der Waals surface area contributed by atoms with Gasteiger partial charge >= 0.3 is 5.97 Å². The van der Waals surface area contributed by atoms with Crippen molar-refractivity contribution in [2.75, 3.05) is 0 Å². The molecule has 0 saturated carbocycles. The number of carbonyl (C=O) groups is 1. The van der Waals surface area contributed by atoms with Crippen LogP contribution in [0.3, 0.4) is 0 Å². The highest BCUT2D eigenvalue weighted by atomic mass is 32.1. The maximum absolute atomic E-state index is 12.8. The summed E-state index contributed by atoms with van der Waals surface area (Å²) in [5, 5.41) is 14.7. The highest BCUT2D eigenvalue weighted by Crippen LogP contribution is 2.35. The molecule has 1 unspecified atom stereocenters. The number of carboxylic acids is 1. The minimum atomic E-state index is -1.23. The fourth-order valence-electron chi connectivity index (χ4n) is 4.11. The zero-order valence-corrected chi connectivity index (χ0v) is 17.0. The van der Waals surface area contributed by atoms with E-state index in [1.165, 1.54) is 16.2 Å². The van der Waals surface area contributed by atoms with Crippen LogP contribution in [-0.2, 0) is 19.4 Å². The Morgan fingerprint density at radius 3 is 2.83 bits per heavy atom. The molecule has 0 amide bonds. The molecule has 1 aromatic carbocycles. The molecule has 0 spiro atoms. The van der Waals surface area contributed by atoms with Crippen LogP contribution in [0.5, 0.6) is 0 Å². The van der Waals surface area contributed by atoms with Gasteiger partial charge in [-0.1, -0.05) is 25.1 Å². The molecule has 0 bridgehead atoms. The van der Waals surface area contributed by atoms with Crippen LogP contribution >= 0.6 is 11.3 Å². The number of rotatable bonds is 3. The van der Waals surface area contributed by atoms with Crippen molar-refractivity contribution in [2.24, 2.45) is 5.92 Å². The van der Waals surface area contributed by atoms with Gasteiger partial charge in [0.05, 0.1) is 10.8 Å². The molecule has 1 aliphatic carbocycles. The lowest BCUT2D eigenvalue weighted by Gasteiger charge is -2.17. The van der Waals surface area contributed by atoms with E-state index in [0.717, 1.165) is 29.5 Å². The van der Waals surface area contributed by atoms with E-state index in [1.54, 1.807) is 24.3 Å². The number of aromatic nitrogens is 4. The number of aryl methyl sites for hydroxylation is 1. The number of benzene rings is 1. The number of thiophene rings is 1. The summed E-state index contributed by atoms with van der Waals surface area (Å²) in [5.41, 5.74) is 0.212. The number of fused-ring (bicyclic) bond motifs is 4. The monoisotopic (exact) mass is 422 g/mol. The highest BCUT2D eigenvalue weighted by molar-refractivity contribution is 7.18. The molecule has 4 aromatic rings. The van der Waals surface area contributed by atoms with Crippen LogP contribution in [0.25, 0.3) is 21.0 Å². The number of hydrogen-bond donors (Lipinski definition) is 2. The predicted octanol–water partition coefficient (Wildman–Crippen LogP) is 2.57. The van der Waals surface area contributed by atoms with Gasteiger partial charge in [0.2, 0.25) is 0 Å². The summed E-state index contributed by atoms with van der Waals surface area (Å²) in [5.74, 6) is -0.365. The van der Waals surface area contributed by atoms with E-state index in [4.69, 9.17) is 0 Å². The van der Waals surface area contributed by atoms with Gasteiger partial charge in [0.15, 0.2) is 5.69 Å². The van der Waals surface area contributed by atoms with Crippen molar-refractivity contribution in [3.05, 3.63) is 66.9 Å². The van der Waals surface area contributed by atoms with E-state index in [1.807, 2.05) is 0 Å². The molecule has 0 aliphatic heterocycles. The molecule has 0 saturated heterocycles. The van der Waals surface area contributed by atoms with Crippen LogP contribution in [0, 0.1) is 5.92 Å². The minimum Gasteiger partial charge on any atom is -0.476 e. The van der Waals surface area contributed by atoms with Crippen LogP contribution in [0.1, 0.15) is 40.1 Å². The summed E-state index contributed by atoms with van der Waals surface area (Å²) in [6.45, 7) is 2.09. The molecular weight excluding hydrogens is 404 g/mol. The van der Waals surface area contributed by atoms with Gasteiger partial charge in [0.1, 0.15) is 17.2 Å². The Morgan fingerprint density at radius 1 is 1.30 bits per heavy atom. The van der Waals surface area contributed by atoms with Crippen molar-refractivity contribution in [2.45, 2.75) is 32.7 Å². The Morgan fingerprint density at radius 2 is 2.07 bits per heavy atom. The van der Waals surface area contributed by atoms with Gasteiger partial charge in [-0.2, -0.15) is 5.10 Å². The average Bonchev–Trinajstić information content (AvgIpc) is 3.07. The van der Waals surface area contributed by atoms with Crippen molar-refractivity contribution in [3.8, 4) is 0 Å². The first-order valence-electron chi connectivity index (χ1n) is 9.69. The Bertz CT molecular complexity index is 1450. The first-order valence-corrected chi connectivity index (χ1v) is 10.5. The maximum Gasteiger partial charge on any atom is 0.357 e. The molecule has 9 heteroatoms. The van der Waals surface area contributed by atoms with Gasteiger partial charge in [-0.25, -0.2) is 14.5 Å². The van der Waals surface area contributed by atoms with E-state index in [0.29, 0.717) is 16.1 Å². The second-order valence-electron chi connectivity index (χ2n) is 7.71. The molecule has 3 heterocycles. The minimum absolute atomic E-state index is 0.117. The zero-order chi connectivity index (χ0) is 21.0. The van der Waals surface area contributed by atoms with E-state index >= 15 is 0 Å². The van der Waals surface area contributed by atoms with Crippen molar-refractivity contribution in [3.63, 3.8) is 0 Å². The lowest BCUT2D eigenvalue weighted by atomic mass is 9.89. The Balaban J connectivity index is 1.64. The first kappa shape index (κ1) is 18.7. The number of carboxylic acid groups (broad SMARTS) is 1. The van der Waals surface area contributed by atoms with Crippen LogP contribution in [-0.4, -0.2) is 30.8 Å². The quantitative estimate of drug-likeness (QED) is 0.524. The smallest absolute Gasteiger partial charge is 0.357 e. The SMILES string of the molecule is CC1CCc2c(sc3nc(Cn4nc(C(=O)O)c5ccccc5c4=O)[nH]c(=O)c23)C1. The van der Waals surface area contributed by atoms with Crippen molar-refractivity contribution in [1.82, 2.24) is 19.7 Å². The topological polar surface area (TPSA) is 118 Å². The third kappa shape index (κ3) is 2.93. The fraction of sp³-hybridized carbons (Fsp3) is 0.286. The van der Waals surface area contributed by atoms with Crippen LogP contribution in [0.2, 0.25) is 0 Å². The summed E-state index contributed by atoms with van der Waals surface area (Å²) in [7, 11) is 0. The molecule has 0 radical (unpaired) electrons. The number of hydrogen-bond acceptors (Lipinski definition) is 6. The van der Waals surface area contributed by atoms with Gasteiger partial charge in [-0.05, 0) is 36.8 Å². The van der Waals surface area contributed by atoms with E-state index < -0.39 is 11.5 Å². The molecule has 0 fully saturated rings. The zero-order valence-electron chi connectivity index (χ0n) is 16.1. The third-order valence-electron chi connectivity index (χ3n) is 5.58. The first-order chi connectivity index (χ1) is 14.4. The Kier molecular flexibility index (Phi) is 4.28. The lowest BCUT2D eigenvalue weighted by Crippen LogP contribution is -2.28. The molecule has 1 aliphatic rings. The van der Waals surface area contributed by atoms with E-state index in [9.17, 15) is 19.5 Å². The molecule has 3 aromatic heterocycles. The van der Waals surface area contributed by atoms with Crippen molar-refractivity contribution < 1.29 is 9.90 Å². The average molecular weight is 422 g/mol. The summed E-state index contributed by atoms with van der Waals surface area (Å²) >= 11 is 1.52. The summed E-state index contributed by atoms with van der Waals surface area (Å²) in [6.07, 6.45) is 2.86. The van der Waals surface area contributed by atoms with Gasteiger partial charge in [0.25, 0.3) is 11.1 Å². The predicted molar refractivity (Wildman–Crippen MR) is 113 cm³/mol. The van der Waals surface area contributed by atoms with Gasteiger partial charge in [-0.3, -0.25) is 9.59 Å². The number of nitrogens with zero attached hydrogens (tertiary/aromatic N) is 3. The second-order valence-corrected chi connectivity index (χ2v) is 8.79. The Hall–Kier alpha value is -3.33. The molecular formula is C21H18N4O4S. The van der Waals surface area contributed by atoms with Crippen molar-refractivity contribution >= 4 is 38.3 Å². The normalized spacial score (nSPS) is 16.1. The lowest BCUT2D eigenvalue weighted by molar-refractivity contribution is 0.0690. The highest BCUT2D eigenvalue weighted by Gasteiger charge is 2.23. The maximum atomic E-state index is 12.8. The van der Waals surface area contributed by atoms with E-state index in [2.05, 4.69) is 22.0 Å². The van der Waals surface area contributed by atoms with Crippen LogP contribution < -0.4 is 11.1 Å². The fourth-order valence-corrected chi connectivity index (χ4v) is 5.51. The van der Waals surface area contributed by atoms with Gasteiger partial charge in [0, 0.05) is 10.3 Å². The molecule has 2 N–H and O–H groups in total. The van der Waals surface area contributed by atoms with Gasteiger partial charge < -0.3 is 10.1 Å². The molecule has 5 rings (SSSR count).